The Labute approximate surface area is 175 Å². The topological polar surface area (TPSA) is 64.4 Å². The minimum absolute atomic E-state index is 0. The number of nitro benzene ring substituents is 1. The van der Waals surface area contributed by atoms with Gasteiger partial charge in [0, 0.05) is 12.6 Å². The number of benzene rings is 3. The van der Waals surface area contributed by atoms with Crippen molar-refractivity contribution in [3.8, 4) is 5.75 Å². The number of rotatable bonds is 9. The van der Waals surface area contributed by atoms with Crippen molar-refractivity contribution in [2.45, 2.75) is 19.6 Å². The molecule has 28 heavy (non-hydrogen) atoms. The van der Waals surface area contributed by atoms with Gasteiger partial charge in [0.25, 0.3) is 0 Å². The van der Waals surface area contributed by atoms with Gasteiger partial charge in [-0.1, -0.05) is 66.7 Å². The van der Waals surface area contributed by atoms with Crippen LogP contribution in [0.5, 0.6) is 5.75 Å². The standard InChI is InChI=1S/C22H22N2O3.BrH/c25-24(26)21-15-18(13-14-23-16-19-7-3-1-4-8-19)11-12-22(21)27-17-20-9-5-2-6-10-20;/h1-12,15,23H,13-14,16-17H2;1H. The summed E-state index contributed by atoms with van der Waals surface area (Å²) in [6.07, 6.45) is 0.715. The van der Waals surface area contributed by atoms with Crippen molar-refractivity contribution in [2.24, 2.45) is 0 Å². The van der Waals surface area contributed by atoms with Gasteiger partial charge in [-0.15, -0.1) is 17.0 Å². The Morgan fingerprint density at radius 1 is 0.857 bits per heavy atom. The van der Waals surface area contributed by atoms with E-state index in [1.165, 1.54) is 5.56 Å². The third-order valence-electron chi connectivity index (χ3n) is 4.22. The lowest BCUT2D eigenvalue weighted by atomic mass is 10.1. The molecule has 0 spiro atoms. The van der Waals surface area contributed by atoms with Gasteiger partial charge < -0.3 is 10.1 Å². The molecule has 0 aliphatic rings. The monoisotopic (exact) mass is 442 g/mol. The normalized spacial score (nSPS) is 10.1. The first kappa shape index (κ1) is 21.6. The van der Waals surface area contributed by atoms with E-state index in [9.17, 15) is 10.1 Å². The van der Waals surface area contributed by atoms with Crippen LogP contribution in [0.1, 0.15) is 16.7 Å². The van der Waals surface area contributed by atoms with Crippen molar-refractivity contribution in [3.63, 3.8) is 0 Å². The van der Waals surface area contributed by atoms with E-state index in [2.05, 4.69) is 17.4 Å². The fourth-order valence-electron chi connectivity index (χ4n) is 2.78. The molecule has 0 unspecified atom stereocenters. The first-order valence-corrected chi connectivity index (χ1v) is 8.91. The maximum atomic E-state index is 11.4. The summed E-state index contributed by atoms with van der Waals surface area (Å²) >= 11 is 0. The Kier molecular flexibility index (Phi) is 8.65. The molecule has 0 amide bonds. The zero-order valence-electron chi connectivity index (χ0n) is 15.4. The number of hydrogen-bond acceptors (Lipinski definition) is 4. The van der Waals surface area contributed by atoms with Gasteiger partial charge in [-0.2, -0.15) is 0 Å². The van der Waals surface area contributed by atoms with Crippen LogP contribution in [0, 0.1) is 10.1 Å². The van der Waals surface area contributed by atoms with Crippen LogP contribution in [-0.4, -0.2) is 11.5 Å². The van der Waals surface area contributed by atoms with Crippen molar-refractivity contribution < 1.29 is 9.66 Å². The second-order valence-corrected chi connectivity index (χ2v) is 6.25. The van der Waals surface area contributed by atoms with E-state index >= 15 is 0 Å². The quantitative estimate of drug-likeness (QED) is 0.285. The third kappa shape index (κ3) is 6.48. The fraction of sp³-hybridized carbons (Fsp3) is 0.182. The third-order valence-corrected chi connectivity index (χ3v) is 4.22. The highest BCUT2D eigenvalue weighted by Gasteiger charge is 2.16. The lowest BCUT2D eigenvalue weighted by molar-refractivity contribution is -0.386. The summed E-state index contributed by atoms with van der Waals surface area (Å²) in [6.45, 7) is 1.83. The predicted octanol–water partition coefficient (Wildman–Crippen LogP) is 5.08. The molecule has 0 radical (unpaired) electrons. The molecule has 5 nitrogen and oxygen atoms in total. The summed E-state index contributed by atoms with van der Waals surface area (Å²) in [5, 5.41) is 14.8. The van der Waals surface area contributed by atoms with Gasteiger partial charge in [-0.05, 0) is 35.7 Å². The van der Waals surface area contributed by atoms with Gasteiger partial charge in [0.2, 0.25) is 0 Å². The molecule has 6 heteroatoms. The summed E-state index contributed by atoms with van der Waals surface area (Å²) in [7, 11) is 0. The van der Waals surface area contributed by atoms with Crippen molar-refractivity contribution in [1.29, 1.82) is 0 Å². The zero-order chi connectivity index (χ0) is 18.9. The molecular formula is C22H23BrN2O3. The molecular weight excluding hydrogens is 420 g/mol. The maximum absolute atomic E-state index is 11.4. The molecule has 0 heterocycles. The van der Waals surface area contributed by atoms with E-state index in [1.54, 1.807) is 12.1 Å². The van der Waals surface area contributed by atoms with Crippen molar-refractivity contribution in [3.05, 3.63) is 106 Å². The van der Waals surface area contributed by atoms with Crippen LogP contribution in [0.2, 0.25) is 0 Å². The Balaban J connectivity index is 0.00000280. The summed E-state index contributed by atoms with van der Waals surface area (Å²) < 4.78 is 5.67. The highest BCUT2D eigenvalue weighted by Crippen LogP contribution is 2.29. The van der Waals surface area contributed by atoms with Crippen molar-refractivity contribution in [2.75, 3.05) is 6.54 Å². The van der Waals surface area contributed by atoms with Crippen LogP contribution in [0.25, 0.3) is 0 Å². The van der Waals surface area contributed by atoms with Crippen LogP contribution in [0.15, 0.2) is 78.9 Å². The van der Waals surface area contributed by atoms with Gasteiger partial charge >= 0.3 is 5.69 Å². The molecule has 3 aromatic rings. The minimum atomic E-state index is -0.388. The molecule has 0 saturated heterocycles. The molecule has 0 bridgehead atoms. The maximum Gasteiger partial charge on any atom is 0.311 e. The number of nitrogens with zero attached hydrogens (tertiary/aromatic N) is 1. The van der Waals surface area contributed by atoms with E-state index in [4.69, 9.17) is 4.74 Å². The Morgan fingerprint density at radius 2 is 1.50 bits per heavy atom. The fourth-order valence-corrected chi connectivity index (χ4v) is 2.78. The molecule has 3 aromatic carbocycles. The highest BCUT2D eigenvalue weighted by molar-refractivity contribution is 8.93. The lowest BCUT2D eigenvalue weighted by Gasteiger charge is -2.09. The Morgan fingerprint density at radius 3 is 2.14 bits per heavy atom. The molecule has 0 aromatic heterocycles. The van der Waals surface area contributed by atoms with Crippen LogP contribution >= 0.6 is 17.0 Å². The van der Waals surface area contributed by atoms with Crippen LogP contribution in [-0.2, 0) is 19.6 Å². The van der Waals surface area contributed by atoms with Crippen LogP contribution < -0.4 is 10.1 Å². The van der Waals surface area contributed by atoms with Crippen LogP contribution in [0.4, 0.5) is 5.69 Å². The van der Waals surface area contributed by atoms with Gasteiger partial charge in [0.05, 0.1) is 4.92 Å². The average molecular weight is 443 g/mol. The first-order chi connectivity index (χ1) is 13.2. The zero-order valence-corrected chi connectivity index (χ0v) is 17.1. The largest absolute Gasteiger partial charge is 0.482 e. The molecule has 146 valence electrons. The van der Waals surface area contributed by atoms with E-state index in [1.807, 2.05) is 54.6 Å². The summed E-state index contributed by atoms with van der Waals surface area (Å²) in [4.78, 5) is 11.0. The number of nitrogens with one attached hydrogen (secondary N) is 1. The van der Waals surface area contributed by atoms with Crippen molar-refractivity contribution >= 4 is 22.7 Å². The number of ether oxygens (including phenoxy) is 1. The lowest BCUT2D eigenvalue weighted by Crippen LogP contribution is -2.16. The smallest absolute Gasteiger partial charge is 0.311 e. The minimum Gasteiger partial charge on any atom is -0.482 e. The van der Waals surface area contributed by atoms with E-state index in [0.29, 0.717) is 18.8 Å². The molecule has 0 saturated carbocycles. The van der Waals surface area contributed by atoms with E-state index < -0.39 is 0 Å². The molecule has 0 atom stereocenters. The average Bonchev–Trinajstić information content (AvgIpc) is 2.71. The van der Waals surface area contributed by atoms with E-state index in [-0.39, 0.29) is 27.6 Å². The summed E-state index contributed by atoms with van der Waals surface area (Å²) in [5.41, 5.74) is 3.11. The molecule has 0 aliphatic carbocycles. The van der Waals surface area contributed by atoms with Gasteiger partial charge in [0.15, 0.2) is 5.75 Å². The van der Waals surface area contributed by atoms with E-state index in [0.717, 1.165) is 24.2 Å². The molecule has 1 N–H and O–H groups in total. The molecule has 0 fully saturated rings. The SMILES string of the molecule is Br.O=[N+]([O-])c1cc(CCNCc2ccccc2)ccc1OCc1ccccc1. The predicted molar refractivity (Wildman–Crippen MR) is 116 cm³/mol. The number of halogens is 1. The highest BCUT2D eigenvalue weighted by atomic mass is 79.9. The number of nitro groups is 1. The first-order valence-electron chi connectivity index (χ1n) is 8.91. The van der Waals surface area contributed by atoms with Crippen LogP contribution in [0.3, 0.4) is 0 Å². The summed E-state index contributed by atoms with van der Waals surface area (Å²) in [5.74, 6) is 0.296. The second kappa shape index (κ2) is 11.2. The van der Waals surface area contributed by atoms with Gasteiger partial charge in [-0.3, -0.25) is 10.1 Å². The van der Waals surface area contributed by atoms with Crippen molar-refractivity contribution in [1.82, 2.24) is 5.32 Å². The van der Waals surface area contributed by atoms with Gasteiger partial charge in [-0.25, -0.2) is 0 Å². The molecule has 3 rings (SSSR count). The molecule has 0 aliphatic heterocycles. The summed E-state index contributed by atoms with van der Waals surface area (Å²) in [6, 6.07) is 24.9. The second-order valence-electron chi connectivity index (χ2n) is 6.25. The Hall–Kier alpha value is -2.70. The van der Waals surface area contributed by atoms with Gasteiger partial charge in [0.1, 0.15) is 6.61 Å². The number of hydrogen-bond donors (Lipinski definition) is 1. The Bertz CT molecular complexity index is 873.